The first-order valence-corrected chi connectivity index (χ1v) is 8.19. The van der Waals surface area contributed by atoms with Crippen LogP contribution < -0.4 is 10.7 Å². The third kappa shape index (κ3) is 2.56. The maximum atomic E-state index is 11.8. The zero-order valence-corrected chi connectivity index (χ0v) is 13.3. The molecule has 0 saturated carbocycles. The topological polar surface area (TPSA) is 97.6 Å². The molecule has 1 aromatic carbocycles. The van der Waals surface area contributed by atoms with E-state index in [1.54, 1.807) is 5.01 Å². The van der Waals surface area contributed by atoms with Gasteiger partial charge in [-0.3, -0.25) is 9.80 Å². The molecule has 120 valence electrons. The lowest BCUT2D eigenvalue weighted by molar-refractivity contribution is -0.119. The molecule has 0 spiro atoms. The second-order valence-electron chi connectivity index (χ2n) is 5.25. The summed E-state index contributed by atoms with van der Waals surface area (Å²) in [5, 5.41) is 12.0. The summed E-state index contributed by atoms with van der Waals surface area (Å²) in [4.78, 5) is 17.1. The van der Waals surface area contributed by atoms with Crippen LogP contribution in [0.3, 0.4) is 0 Å². The van der Waals surface area contributed by atoms with E-state index in [1.807, 2.05) is 47.8 Å². The van der Waals surface area contributed by atoms with Crippen molar-refractivity contribution in [1.82, 2.24) is 10.1 Å². The van der Waals surface area contributed by atoms with Crippen LogP contribution in [0.2, 0.25) is 0 Å². The van der Waals surface area contributed by atoms with Gasteiger partial charge in [0.05, 0.1) is 10.6 Å². The predicted octanol–water partition coefficient (Wildman–Crippen LogP) is 2.27. The predicted molar refractivity (Wildman–Crippen MR) is 90.7 cm³/mol. The molecule has 8 heteroatoms. The summed E-state index contributed by atoms with van der Waals surface area (Å²) < 4.78 is 5.32. The number of benzene rings is 1. The zero-order chi connectivity index (χ0) is 16.5. The number of carbonyl (C=O) groups excluding carboxylic acids is 1. The van der Waals surface area contributed by atoms with Crippen LogP contribution in [0.5, 0.6) is 0 Å². The smallest absolute Gasteiger partial charge is 0.274 e. The first kappa shape index (κ1) is 14.6. The van der Waals surface area contributed by atoms with E-state index in [9.17, 15) is 4.79 Å². The van der Waals surface area contributed by atoms with Crippen LogP contribution in [-0.2, 0) is 4.79 Å². The third-order valence-electron chi connectivity index (χ3n) is 3.67. The lowest BCUT2D eigenvalue weighted by atomic mass is 10.1. The second kappa shape index (κ2) is 5.89. The Morgan fingerprint density at radius 3 is 2.79 bits per heavy atom. The van der Waals surface area contributed by atoms with Gasteiger partial charge in [0.2, 0.25) is 11.7 Å². The second-order valence-corrected chi connectivity index (χ2v) is 6.20. The number of amides is 1. The Kier molecular flexibility index (Phi) is 3.58. The van der Waals surface area contributed by atoms with Crippen LogP contribution in [0, 0.1) is 0 Å². The number of nitrogens with two attached hydrogens (primary N) is 1. The van der Waals surface area contributed by atoms with Gasteiger partial charge in [0.1, 0.15) is 11.8 Å². The Bertz CT molecular complexity index is 888. The van der Waals surface area contributed by atoms with E-state index in [2.05, 4.69) is 15.2 Å². The van der Waals surface area contributed by atoms with Crippen LogP contribution in [0.25, 0.3) is 10.7 Å². The molecular weight excluding hydrogens is 326 g/mol. The largest absolute Gasteiger partial charge is 0.368 e. The number of carbonyl (C=O) groups is 1. The summed E-state index contributed by atoms with van der Waals surface area (Å²) in [6.07, 6.45) is 0.330. The molecule has 2 N–H and O–H groups in total. The van der Waals surface area contributed by atoms with Crippen molar-refractivity contribution in [3.05, 3.63) is 53.7 Å². The summed E-state index contributed by atoms with van der Waals surface area (Å²) in [5.41, 5.74) is 6.87. The van der Waals surface area contributed by atoms with Gasteiger partial charge >= 0.3 is 0 Å². The van der Waals surface area contributed by atoms with Gasteiger partial charge < -0.3 is 10.3 Å². The molecule has 1 aliphatic heterocycles. The number of anilines is 1. The first-order chi connectivity index (χ1) is 11.7. The van der Waals surface area contributed by atoms with Gasteiger partial charge in [-0.15, -0.1) is 11.3 Å². The number of hydrogen-bond donors (Lipinski definition) is 1. The van der Waals surface area contributed by atoms with Crippen LogP contribution in [-0.4, -0.2) is 27.8 Å². The fourth-order valence-electron chi connectivity index (χ4n) is 2.53. The Morgan fingerprint density at radius 2 is 2.08 bits per heavy atom. The molecule has 1 atom stereocenters. The highest BCUT2D eigenvalue weighted by atomic mass is 32.1. The first-order valence-electron chi connectivity index (χ1n) is 7.31. The highest BCUT2D eigenvalue weighted by molar-refractivity contribution is 7.13. The fraction of sp³-hybridized carbons (Fsp3) is 0.125. The minimum atomic E-state index is -0.570. The quantitative estimate of drug-likeness (QED) is 0.786. The summed E-state index contributed by atoms with van der Waals surface area (Å²) in [7, 11) is 0. The maximum absolute atomic E-state index is 11.8. The van der Waals surface area contributed by atoms with E-state index in [-0.39, 0.29) is 0 Å². The molecule has 0 aliphatic carbocycles. The molecule has 3 heterocycles. The van der Waals surface area contributed by atoms with Crippen LogP contribution in [0.4, 0.5) is 5.69 Å². The lowest BCUT2D eigenvalue weighted by Crippen LogP contribution is -2.39. The van der Waals surface area contributed by atoms with Crippen LogP contribution in [0.15, 0.2) is 57.5 Å². The van der Waals surface area contributed by atoms with Gasteiger partial charge in [-0.1, -0.05) is 29.4 Å². The average Bonchev–Trinajstić information content (AvgIpc) is 3.33. The molecule has 2 aromatic heterocycles. The molecule has 0 bridgehead atoms. The number of rotatable bonds is 4. The van der Waals surface area contributed by atoms with E-state index >= 15 is 0 Å². The Labute approximate surface area is 141 Å². The molecule has 1 amide bonds. The van der Waals surface area contributed by atoms with Gasteiger partial charge in [-0.2, -0.15) is 10.1 Å². The number of aromatic nitrogens is 2. The molecule has 0 radical (unpaired) electrons. The standard InChI is InChI=1S/C16H13N5O2S/c17-14(22)12-9-11(19-21(12)10-5-2-1-3-6-10)16-18-15(20-23-16)13-7-4-8-24-13/h1-8,12H,9H2,(H2,17,22)/t12-/m1/s1. The molecule has 7 nitrogen and oxygen atoms in total. The average molecular weight is 339 g/mol. The van der Waals surface area contributed by atoms with Crippen molar-refractivity contribution in [2.75, 3.05) is 5.01 Å². The zero-order valence-electron chi connectivity index (χ0n) is 12.5. The van der Waals surface area contributed by atoms with Crippen molar-refractivity contribution < 1.29 is 9.32 Å². The molecule has 1 aliphatic rings. The van der Waals surface area contributed by atoms with Gasteiger partial charge in [-0.05, 0) is 23.6 Å². The molecule has 0 saturated heterocycles. The number of hydrogen-bond acceptors (Lipinski definition) is 7. The van der Waals surface area contributed by atoms with E-state index in [0.717, 1.165) is 10.6 Å². The van der Waals surface area contributed by atoms with Crippen molar-refractivity contribution in [1.29, 1.82) is 0 Å². The van der Waals surface area contributed by atoms with Gasteiger partial charge in [0.25, 0.3) is 5.89 Å². The van der Waals surface area contributed by atoms with Crippen LogP contribution >= 0.6 is 11.3 Å². The van der Waals surface area contributed by atoms with Gasteiger partial charge in [-0.25, -0.2) is 0 Å². The van der Waals surface area contributed by atoms with Crippen LogP contribution in [0.1, 0.15) is 12.3 Å². The van der Waals surface area contributed by atoms with Gasteiger partial charge in [0, 0.05) is 6.42 Å². The molecule has 0 fully saturated rings. The lowest BCUT2D eigenvalue weighted by Gasteiger charge is -2.20. The van der Waals surface area contributed by atoms with Crippen molar-refractivity contribution in [2.24, 2.45) is 10.8 Å². The minimum Gasteiger partial charge on any atom is -0.368 e. The summed E-state index contributed by atoms with van der Waals surface area (Å²) in [6.45, 7) is 0. The monoisotopic (exact) mass is 339 g/mol. The molecular formula is C16H13N5O2S. The normalized spacial score (nSPS) is 17.1. The number of para-hydroxylation sites is 1. The number of hydrazone groups is 1. The molecule has 4 rings (SSSR count). The van der Waals surface area contributed by atoms with E-state index in [4.69, 9.17) is 10.3 Å². The molecule has 3 aromatic rings. The third-order valence-corrected chi connectivity index (χ3v) is 4.54. The Balaban J connectivity index is 1.67. The fourth-order valence-corrected chi connectivity index (χ4v) is 3.18. The highest BCUT2D eigenvalue weighted by Gasteiger charge is 2.35. The van der Waals surface area contributed by atoms with E-state index in [0.29, 0.717) is 23.8 Å². The summed E-state index contributed by atoms with van der Waals surface area (Å²) >= 11 is 1.53. The number of nitrogens with zero attached hydrogens (tertiary/aromatic N) is 4. The Hall–Kier alpha value is -3.00. The van der Waals surface area contributed by atoms with Crippen molar-refractivity contribution in [2.45, 2.75) is 12.5 Å². The molecule has 0 unspecified atom stereocenters. The minimum absolute atomic E-state index is 0.308. The maximum Gasteiger partial charge on any atom is 0.274 e. The van der Waals surface area contributed by atoms with Crippen molar-refractivity contribution in [3.63, 3.8) is 0 Å². The SMILES string of the molecule is NC(=O)[C@H]1CC(c2nc(-c3cccs3)no2)=NN1c1ccccc1. The highest BCUT2D eigenvalue weighted by Crippen LogP contribution is 2.27. The number of thiophene rings is 1. The van der Waals surface area contributed by atoms with Crippen molar-refractivity contribution >= 4 is 28.6 Å². The van der Waals surface area contributed by atoms with Crippen molar-refractivity contribution in [3.8, 4) is 10.7 Å². The Morgan fingerprint density at radius 1 is 1.25 bits per heavy atom. The van der Waals surface area contributed by atoms with E-state index < -0.39 is 11.9 Å². The summed E-state index contributed by atoms with van der Waals surface area (Å²) in [5.74, 6) is 0.371. The summed E-state index contributed by atoms with van der Waals surface area (Å²) in [6, 6.07) is 12.7. The van der Waals surface area contributed by atoms with Gasteiger partial charge in [0.15, 0.2) is 0 Å². The number of primary amides is 1. The van der Waals surface area contributed by atoms with E-state index in [1.165, 1.54) is 11.3 Å². The molecule has 24 heavy (non-hydrogen) atoms.